The SMILES string of the molecule is OC1CC(c2ccc3c(c2)CCO3)Oc2cc(F)ccc21. The number of hydrogen-bond donors (Lipinski definition) is 1. The highest BCUT2D eigenvalue weighted by molar-refractivity contribution is 5.43. The molecule has 4 heteroatoms. The van der Waals surface area contributed by atoms with Gasteiger partial charge in [0.05, 0.1) is 12.7 Å². The Labute approximate surface area is 121 Å². The molecule has 2 aromatic carbocycles. The Hall–Kier alpha value is -2.07. The molecule has 0 saturated carbocycles. The Kier molecular flexibility index (Phi) is 2.86. The number of fused-ring (bicyclic) bond motifs is 2. The van der Waals surface area contributed by atoms with E-state index in [-0.39, 0.29) is 11.9 Å². The van der Waals surface area contributed by atoms with Gasteiger partial charge in [-0.2, -0.15) is 0 Å². The summed E-state index contributed by atoms with van der Waals surface area (Å²) in [4.78, 5) is 0. The molecule has 0 amide bonds. The predicted molar refractivity (Wildman–Crippen MR) is 75.0 cm³/mol. The summed E-state index contributed by atoms with van der Waals surface area (Å²) in [5.74, 6) is 0.987. The number of aliphatic hydroxyl groups is 1. The van der Waals surface area contributed by atoms with E-state index in [2.05, 4.69) is 6.07 Å². The Morgan fingerprint density at radius 1 is 1.10 bits per heavy atom. The first-order chi connectivity index (χ1) is 10.2. The second-order valence-corrected chi connectivity index (χ2v) is 5.51. The summed E-state index contributed by atoms with van der Waals surface area (Å²) in [7, 11) is 0. The number of hydrogen-bond acceptors (Lipinski definition) is 3. The Morgan fingerprint density at radius 3 is 2.90 bits per heavy atom. The molecule has 0 radical (unpaired) electrons. The van der Waals surface area contributed by atoms with Gasteiger partial charge in [-0.05, 0) is 35.4 Å². The summed E-state index contributed by atoms with van der Waals surface area (Å²) in [6.45, 7) is 0.709. The Morgan fingerprint density at radius 2 is 2.00 bits per heavy atom. The zero-order valence-electron chi connectivity index (χ0n) is 11.4. The van der Waals surface area contributed by atoms with E-state index in [4.69, 9.17) is 9.47 Å². The van der Waals surface area contributed by atoms with Gasteiger partial charge >= 0.3 is 0 Å². The molecular weight excluding hydrogens is 271 g/mol. The summed E-state index contributed by atoms with van der Waals surface area (Å²) < 4.78 is 24.7. The van der Waals surface area contributed by atoms with E-state index in [0.717, 1.165) is 23.3 Å². The van der Waals surface area contributed by atoms with Crippen molar-refractivity contribution in [3.63, 3.8) is 0 Å². The highest BCUT2D eigenvalue weighted by Crippen LogP contribution is 2.42. The maximum atomic E-state index is 13.4. The third kappa shape index (κ3) is 2.16. The van der Waals surface area contributed by atoms with Crippen LogP contribution in [0.4, 0.5) is 4.39 Å². The molecule has 0 bridgehead atoms. The van der Waals surface area contributed by atoms with Crippen LogP contribution in [0.1, 0.15) is 35.3 Å². The van der Waals surface area contributed by atoms with Crippen LogP contribution in [0.3, 0.4) is 0 Å². The van der Waals surface area contributed by atoms with Crippen molar-refractivity contribution in [1.29, 1.82) is 0 Å². The van der Waals surface area contributed by atoms with Crippen LogP contribution >= 0.6 is 0 Å². The maximum absolute atomic E-state index is 13.4. The lowest BCUT2D eigenvalue weighted by molar-refractivity contribution is 0.0653. The van der Waals surface area contributed by atoms with Gasteiger partial charge in [-0.25, -0.2) is 4.39 Å². The van der Waals surface area contributed by atoms with Crippen LogP contribution in [0, 0.1) is 5.82 Å². The van der Waals surface area contributed by atoms with Crippen LogP contribution in [-0.2, 0) is 6.42 Å². The van der Waals surface area contributed by atoms with E-state index >= 15 is 0 Å². The van der Waals surface area contributed by atoms with Crippen molar-refractivity contribution in [2.45, 2.75) is 25.0 Å². The minimum Gasteiger partial charge on any atom is -0.493 e. The first-order valence-electron chi connectivity index (χ1n) is 7.10. The Bertz CT molecular complexity index is 698. The molecule has 2 aliphatic heterocycles. The normalized spacial score (nSPS) is 23.0. The van der Waals surface area contributed by atoms with E-state index in [0.29, 0.717) is 24.3 Å². The summed E-state index contributed by atoms with van der Waals surface area (Å²) in [5.41, 5.74) is 2.81. The molecule has 0 spiro atoms. The molecule has 0 aromatic heterocycles. The van der Waals surface area contributed by atoms with E-state index in [1.807, 2.05) is 12.1 Å². The smallest absolute Gasteiger partial charge is 0.128 e. The lowest BCUT2D eigenvalue weighted by Crippen LogP contribution is -2.19. The van der Waals surface area contributed by atoms with Gasteiger partial charge in [-0.15, -0.1) is 0 Å². The van der Waals surface area contributed by atoms with Gasteiger partial charge in [-0.3, -0.25) is 0 Å². The van der Waals surface area contributed by atoms with Crippen LogP contribution in [0.2, 0.25) is 0 Å². The van der Waals surface area contributed by atoms with Gasteiger partial charge in [0.25, 0.3) is 0 Å². The first kappa shape index (κ1) is 12.7. The minimum atomic E-state index is -0.635. The van der Waals surface area contributed by atoms with Crippen molar-refractivity contribution in [1.82, 2.24) is 0 Å². The molecule has 1 N–H and O–H groups in total. The van der Waals surface area contributed by atoms with Crippen molar-refractivity contribution in [3.8, 4) is 11.5 Å². The fraction of sp³-hybridized carbons (Fsp3) is 0.294. The number of benzene rings is 2. The lowest BCUT2D eigenvalue weighted by Gasteiger charge is -2.30. The van der Waals surface area contributed by atoms with Gasteiger partial charge in [0.15, 0.2) is 0 Å². The van der Waals surface area contributed by atoms with Crippen LogP contribution < -0.4 is 9.47 Å². The van der Waals surface area contributed by atoms with Gasteiger partial charge in [0.1, 0.15) is 23.4 Å². The lowest BCUT2D eigenvalue weighted by atomic mass is 9.94. The third-order valence-electron chi connectivity index (χ3n) is 4.13. The fourth-order valence-corrected chi connectivity index (χ4v) is 3.03. The highest BCUT2D eigenvalue weighted by Gasteiger charge is 2.29. The molecule has 0 aliphatic carbocycles. The van der Waals surface area contributed by atoms with Crippen LogP contribution in [0.5, 0.6) is 11.5 Å². The maximum Gasteiger partial charge on any atom is 0.128 e. The summed E-state index contributed by atoms with van der Waals surface area (Å²) in [5, 5.41) is 10.3. The second kappa shape index (κ2) is 4.74. The monoisotopic (exact) mass is 286 g/mol. The van der Waals surface area contributed by atoms with Crippen molar-refractivity contribution in [2.75, 3.05) is 6.61 Å². The molecular formula is C17H15FO3. The van der Waals surface area contributed by atoms with Crippen molar-refractivity contribution in [3.05, 3.63) is 58.9 Å². The van der Waals surface area contributed by atoms with Crippen LogP contribution in [0.15, 0.2) is 36.4 Å². The third-order valence-corrected chi connectivity index (χ3v) is 4.13. The second-order valence-electron chi connectivity index (χ2n) is 5.51. The molecule has 2 unspecified atom stereocenters. The van der Waals surface area contributed by atoms with Gasteiger partial charge in [0.2, 0.25) is 0 Å². The summed E-state index contributed by atoms with van der Waals surface area (Å²) in [6, 6.07) is 10.2. The van der Waals surface area contributed by atoms with Crippen molar-refractivity contribution < 1.29 is 19.0 Å². The average molecular weight is 286 g/mol. The largest absolute Gasteiger partial charge is 0.493 e. The highest BCUT2D eigenvalue weighted by atomic mass is 19.1. The molecule has 4 rings (SSSR count). The molecule has 21 heavy (non-hydrogen) atoms. The molecule has 2 aromatic rings. The first-order valence-corrected chi connectivity index (χ1v) is 7.10. The zero-order valence-corrected chi connectivity index (χ0v) is 11.4. The quantitative estimate of drug-likeness (QED) is 0.874. The number of rotatable bonds is 1. The minimum absolute atomic E-state index is 0.264. The average Bonchev–Trinajstić information content (AvgIpc) is 2.94. The predicted octanol–water partition coefficient (Wildman–Crippen LogP) is 3.32. The summed E-state index contributed by atoms with van der Waals surface area (Å²) in [6.07, 6.45) is 0.464. The molecule has 0 fully saturated rings. The molecule has 0 saturated heterocycles. The molecule has 2 aliphatic rings. The van der Waals surface area contributed by atoms with Crippen molar-refractivity contribution >= 4 is 0 Å². The Balaban J connectivity index is 1.68. The molecule has 108 valence electrons. The summed E-state index contributed by atoms with van der Waals surface area (Å²) >= 11 is 0. The molecule has 3 nitrogen and oxygen atoms in total. The van der Waals surface area contributed by atoms with E-state index in [1.54, 1.807) is 6.07 Å². The number of aliphatic hydroxyl groups excluding tert-OH is 1. The molecule has 2 heterocycles. The standard InChI is InChI=1S/C17H15FO3/c18-12-2-3-13-14(19)9-16(21-17(13)8-12)10-1-4-15-11(7-10)5-6-20-15/h1-4,7-8,14,16,19H,5-6,9H2. The van der Waals surface area contributed by atoms with Gasteiger partial charge < -0.3 is 14.6 Å². The van der Waals surface area contributed by atoms with E-state index < -0.39 is 6.10 Å². The fourth-order valence-electron chi connectivity index (χ4n) is 3.03. The van der Waals surface area contributed by atoms with Crippen LogP contribution in [-0.4, -0.2) is 11.7 Å². The van der Waals surface area contributed by atoms with Gasteiger partial charge in [-0.1, -0.05) is 6.07 Å². The number of ether oxygens (including phenoxy) is 2. The topological polar surface area (TPSA) is 38.7 Å². The van der Waals surface area contributed by atoms with Crippen LogP contribution in [0.25, 0.3) is 0 Å². The molecule has 2 atom stereocenters. The van der Waals surface area contributed by atoms with Gasteiger partial charge in [0, 0.05) is 24.5 Å². The van der Waals surface area contributed by atoms with Crippen molar-refractivity contribution in [2.24, 2.45) is 0 Å². The van der Waals surface area contributed by atoms with E-state index in [9.17, 15) is 9.50 Å². The zero-order chi connectivity index (χ0) is 14.4. The number of halogens is 1. The van der Waals surface area contributed by atoms with E-state index in [1.165, 1.54) is 12.1 Å².